The quantitative estimate of drug-likeness (QED) is 0.669. The van der Waals surface area contributed by atoms with Crippen LogP contribution < -0.4 is 5.73 Å². The van der Waals surface area contributed by atoms with Crippen LogP contribution in [0.5, 0.6) is 0 Å². The van der Waals surface area contributed by atoms with Crippen LogP contribution in [-0.4, -0.2) is 43.8 Å². The van der Waals surface area contributed by atoms with E-state index in [1.54, 1.807) is 0 Å². The molecule has 1 saturated heterocycles. The Morgan fingerprint density at radius 3 is 2.67 bits per heavy atom. The minimum Gasteiger partial charge on any atom is -0.379 e. The molecule has 1 heterocycles. The highest BCUT2D eigenvalue weighted by Crippen LogP contribution is 2.00. The van der Waals surface area contributed by atoms with Gasteiger partial charge in [0.1, 0.15) is 0 Å². The second-order valence-electron chi connectivity index (χ2n) is 3.41. The Bertz CT molecular complexity index is 113. The highest BCUT2D eigenvalue weighted by molar-refractivity contribution is 4.66. The van der Waals surface area contributed by atoms with Crippen LogP contribution in [-0.2, 0) is 4.74 Å². The van der Waals surface area contributed by atoms with Crippen LogP contribution in [0.3, 0.4) is 0 Å². The molecule has 1 aliphatic rings. The molecule has 0 aromatic heterocycles. The second-order valence-corrected chi connectivity index (χ2v) is 3.41. The molecular weight excluding hydrogens is 152 g/mol. The highest BCUT2D eigenvalue weighted by Gasteiger charge is 2.10. The fraction of sp³-hybridized carbons (Fsp3) is 1.00. The third-order valence-electron chi connectivity index (χ3n) is 2.44. The predicted octanol–water partition coefficient (Wildman–Crippen LogP) is 0.446. The van der Waals surface area contributed by atoms with E-state index in [0.717, 1.165) is 45.7 Å². The fourth-order valence-electron chi connectivity index (χ4n) is 1.38. The first-order valence-electron chi connectivity index (χ1n) is 4.88. The van der Waals surface area contributed by atoms with Crippen LogP contribution in [0.2, 0.25) is 0 Å². The average molecular weight is 172 g/mol. The monoisotopic (exact) mass is 172 g/mol. The molecule has 0 saturated carbocycles. The van der Waals surface area contributed by atoms with Gasteiger partial charge in [0.25, 0.3) is 0 Å². The first kappa shape index (κ1) is 9.96. The molecule has 0 aromatic rings. The summed E-state index contributed by atoms with van der Waals surface area (Å²) >= 11 is 0. The average Bonchev–Trinajstić information content (AvgIpc) is 2.16. The first-order valence-corrected chi connectivity index (χ1v) is 4.88. The van der Waals surface area contributed by atoms with Gasteiger partial charge in [0.05, 0.1) is 13.2 Å². The summed E-state index contributed by atoms with van der Waals surface area (Å²) in [4.78, 5) is 2.43. The Morgan fingerprint density at radius 2 is 2.08 bits per heavy atom. The molecule has 12 heavy (non-hydrogen) atoms. The van der Waals surface area contributed by atoms with E-state index in [1.807, 2.05) is 0 Å². The van der Waals surface area contributed by atoms with Crippen molar-refractivity contribution in [3.63, 3.8) is 0 Å². The fourth-order valence-corrected chi connectivity index (χ4v) is 1.38. The SMILES string of the molecule is CC[C@H](N)CCN1CCOCC1. The summed E-state index contributed by atoms with van der Waals surface area (Å²) in [6.45, 7) is 7.22. The molecular formula is C9H20N2O. The molecule has 2 N–H and O–H groups in total. The normalized spacial score (nSPS) is 22.5. The van der Waals surface area contributed by atoms with E-state index in [1.165, 1.54) is 0 Å². The molecule has 1 rings (SSSR count). The first-order chi connectivity index (χ1) is 5.83. The van der Waals surface area contributed by atoms with Gasteiger partial charge in [0.2, 0.25) is 0 Å². The lowest BCUT2D eigenvalue weighted by Crippen LogP contribution is -2.38. The van der Waals surface area contributed by atoms with Crippen molar-refractivity contribution in [2.75, 3.05) is 32.8 Å². The van der Waals surface area contributed by atoms with E-state index in [2.05, 4.69) is 11.8 Å². The van der Waals surface area contributed by atoms with E-state index in [-0.39, 0.29) is 0 Å². The summed E-state index contributed by atoms with van der Waals surface area (Å²) in [5.41, 5.74) is 5.83. The van der Waals surface area contributed by atoms with Crippen molar-refractivity contribution in [3.8, 4) is 0 Å². The maximum Gasteiger partial charge on any atom is 0.0594 e. The van der Waals surface area contributed by atoms with Gasteiger partial charge >= 0.3 is 0 Å². The van der Waals surface area contributed by atoms with Crippen molar-refractivity contribution in [2.24, 2.45) is 5.73 Å². The molecule has 0 aliphatic carbocycles. The number of hydrogen-bond acceptors (Lipinski definition) is 3. The van der Waals surface area contributed by atoms with Gasteiger partial charge in [-0.15, -0.1) is 0 Å². The minimum absolute atomic E-state index is 0.382. The molecule has 0 unspecified atom stereocenters. The molecule has 0 spiro atoms. The number of hydrogen-bond donors (Lipinski definition) is 1. The third kappa shape index (κ3) is 3.52. The van der Waals surface area contributed by atoms with Gasteiger partial charge in [-0.25, -0.2) is 0 Å². The van der Waals surface area contributed by atoms with E-state index >= 15 is 0 Å². The van der Waals surface area contributed by atoms with Crippen molar-refractivity contribution in [3.05, 3.63) is 0 Å². The van der Waals surface area contributed by atoms with Crippen LogP contribution in [0.15, 0.2) is 0 Å². The number of morpholine rings is 1. The number of nitrogens with two attached hydrogens (primary N) is 1. The lowest BCUT2D eigenvalue weighted by molar-refractivity contribution is 0.0366. The highest BCUT2D eigenvalue weighted by atomic mass is 16.5. The Morgan fingerprint density at radius 1 is 1.42 bits per heavy atom. The molecule has 3 nitrogen and oxygen atoms in total. The molecule has 3 heteroatoms. The van der Waals surface area contributed by atoms with Crippen molar-refractivity contribution >= 4 is 0 Å². The number of ether oxygens (including phenoxy) is 1. The van der Waals surface area contributed by atoms with Gasteiger partial charge in [0.15, 0.2) is 0 Å². The Balaban J connectivity index is 2.05. The summed E-state index contributed by atoms with van der Waals surface area (Å²) in [5.74, 6) is 0. The number of rotatable bonds is 4. The van der Waals surface area contributed by atoms with E-state index in [0.29, 0.717) is 6.04 Å². The topological polar surface area (TPSA) is 38.5 Å². The molecule has 0 bridgehead atoms. The molecule has 1 aliphatic heterocycles. The van der Waals surface area contributed by atoms with E-state index in [4.69, 9.17) is 10.5 Å². The van der Waals surface area contributed by atoms with E-state index in [9.17, 15) is 0 Å². The van der Waals surface area contributed by atoms with Crippen LogP contribution in [0.1, 0.15) is 19.8 Å². The smallest absolute Gasteiger partial charge is 0.0594 e. The van der Waals surface area contributed by atoms with Crippen LogP contribution >= 0.6 is 0 Å². The van der Waals surface area contributed by atoms with Gasteiger partial charge in [-0.05, 0) is 19.4 Å². The number of nitrogens with zero attached hydrogens (tertiary/aromatic N) is 1. The van der Waals surface area contributed by atoms with Gasteiger partial charge < -0.3 is 10.5 Å². The van der Waals surface area contributed by atoms with Gasteiger partial charge in [-0.1, -0.05) is 6.92 Å². The Labute approximate surface area is 74.9 Å². The lowest BCUT2D eigenvalue weighted by atomic mass is 10.1. The molecule has 0 amide bonds. The summed E-state index contributed by atoms with van der Waals surface area (Å²) in [5, 5.41) is 0. The zero-order chi connectivity index (χ0) is 8.81. The van der Waals surface area contributed by atoms with Gasteiger partial charge in [0, 0.05) is 19.1 Å². The predicted molar refractivity (Wildman–Crippen MR) is 50.1 cm³/mol. The molecule has 1 fully saturated rings. The Hall–Kier alpha value is -0.120. The zero-order valence-electron chi connectivity index (χ0n) is 7.96. The summed E-state index contributed by atoms with van der Waals surface area (Å²) in [7, 11) is 0. The molecule has 1 atom stereocenters. The van der Waals surface area contributed by atoms with Crippen molar-refractivity contribution in [1.82, 2.24) is 4.90 Å². The van der Waals surface area contributed by atoms with Crippen molar-refractivity contribution in [1.29, 1.82) is 0 Å². The van der Waals surface area contributed by atoms with Crippen LogP contribution in [0.4, 0.5) is 0 Å². The van der Waals surface area contributed by atoms with Crippen LogP contribution in [0.25, 0.3) is 0 Å². The molecule has 0 radical (unpaired) electrons. The lowest BCUT2D eigenvalue weighted by Gasteiger charge is -2.27. The summed E-state index contributed by atoms with van der Waals surface area (Å²) < 4.78 is 5.26. The van der Waals surface area contributed by atoms with Crippen molar-refractivity contribution in [2.45, 2.75) is 25.8 Å². The maximum absolute atomic E-state index is 5.83. The van der Waals surface area contributed by atoms with Crippen molar-refractivity contribution < 1.29 is 4.74 Å². The summed E-state index contributed by atoms with van der Waals surface area (Å²) in [6.07, 6.45) is 2.21. The van der Waals surface area contributed by atoms with Gasteiger partial charge in [-0.2, -0.15) is 0 Å². The van der Waals surface area contributed by atoms with Crippen LogP contribution in [0, 0.1) is 0 Å². The zero-order valence-corrected chi connectivity index (χ0v) is 7.96. The molecule has 72 valence electrons. The second kappa shape index (κ2) is 5.51. The third-order valence-corrected chi connectivity index (χ3v) is 2.44. The standard InChI is InChI=1S/C9H20N2O/c1-2-9(10)3-4-11-5-7-12-8-6-11/h9H,2-8,10H2,1H3/t9-/m0/s1. The largest absolute Gasteiger partial charge is 0.379 e. The van der Waals surface area contributed by atoms with Gasteiger partial charge in [-0.3, -0.25) is 4.90 Å². The minimum atomic E-state index is 0.382. The summed E-state index contributed by atoms with van der Waals surface area (Å²) in [6, 6.07) is 0.382. The Kier molecular flexibility index (Phi) is 4.58. The van der Waals surface area contributed by atoms with E-state index < -0.39 is 0 Å². The maximum atomic E-state index is 5.83. The molecule has 0 aromatic carbocycles.